The van der Waals surface area contributed by atoms with Crippen LogP contribution in [0.1, 0.15) is 58.4 Å². The third-order valence-corrected chi connectivity index (χ3v) is 4.78. The van der Waals surface area contributed by atoms with Gasteiger partial charge in [-0.2, -0.15) is 0 Å². The van der Waals surface area contributed by atoms with Gasteiger partial charge in [-0.25, -0.2) is 0 Å². The topological polar surface area (TPSA) is 55.8 Å². The SMILES string of the molecule is C=C(C)C1=C(/C=C\C)C(Oc2ccc3c(c2)OCC3CC(=O)O)CC1.CC. The second kappa shape index (κ2) is 9.45. The normalized spacial score (nSPS) is 20.7. The average molecular weight is 370 g/mol. The van der Waals surface area contributed by atoms with Crippen LogP contribution in [0.25, 0.3) is 0 Å². The first-order valence-corrected chi connectivity index (χ1v) is 9.66. The number of carboxylic acids is 1. The number of ether oxygens (including phenoxy) is 2. The summed E-state index contributed by atoms with van der Waals surface area (Å²) in [6, 6.07) is 5.72. The Hall–Kier alpha value is -2.49. The summed E-state index contributed by atoms with van der Waals surface area (Å²) in [6.45, 7) is 12.5. The van der Waals surface area contributed by atoms with E-state index in [0.717, 1.165) is 35.5 Å². The van der Waals surface area contributed by atoms with E-state index in [0.29, 0.717) is 6.61 Å². The van der Waals surface area contributed by atoms with Crippen molar-refractivity contribution in [2.75, 3.05) is 6.61 Å². The van der Waals surface area contributed by atoms with Crippen molar-refractivity contribution in [2.24, 2.45) is 0 Å². The lowest BCUT2D eigenvalue weighted by atomic mass is 9.98. The van der Waals surface area contributed by atoms with Crippen LogP contribution >= 0.6 is 0 Å². The molecule has 1 aromatic carbocycles. The lowest BCUT2D eigenvalue weighted by Crippen LogP contribution is -2.15. The van der Waals surface area contributed by atoms with E-state index in [1.807, 2.05) is 52.0 Å². The molecule has 27 heavy (non-hydrogen) atoms. The van der Waals surface area contributed by atoms with Crippen LogP contribution in [-0.2, 0) is 4.79 Å². The van der Waals surface area contributed by atoms with E-state index < -0.39 is 5.97 Å². The van der Waals surface area contributed by atoms with Crippen LogP contribution < -0.4 is 9.47 Å². The number of allylic oxidation sites excluding steroid dienone is 3. The largest absolute Gasteiger partial charge is 0.492 e. The molecule has 0 saturated heterocycles. The molecular formula is C23H30O4. The molecule has 1 aromatic rings. The summed E-state index contributed by atoms with van der Waals surface area (Å²) in [4.78, 5) is 10.9. The van der Waals surface area contributed by atoms with Crippen LogP contribution in [0.4, 0.5) is 0 Å². The Balaban J connectivity index is 0.00000126. The second-order valence-electron chi connectivity index (χ2n) is 6.66. The zero-order valence-corrected chi connectivity index (χ0v) is 16.7. The standard InChI is InChI=1S/C21H24O4.C2H6/c1-4-5-18-16(13(2)3)8-9-19(18)25-15-6-7-17-14(10-21(22)23)12-24-20(17)11-15;1-2/h4-7,11,14,19H,2,8-10,12H2,1,3H3,(H,22,23);1-2H3/b5-4-;. The van der Waals surface area contributed by atoms with E-state index in [9.17, 15) is 4.79 Å². The van der Waals surface area contributed by atoms with E-state index in [4.69, 9.17) is 14.6 Å². The van der Waals surface area contributed by atoms with Gasteiger partial charge in [-0.15, -0.1) is 0 Å². The number of fused-ring (bicyclic) bond motifs is 1. The van der Waals surface area contributed by atoms with Crippen LogP contribution in [0.5, 0.6) is 11.5 Å². The van der Waals surface area contributed by atoms with Gasteiger partial charge in [0.25, 0.3) is 0 Å². The molecule has 1 aliphatic carbocycles. The monoisotopic (exact) mass is 370 g/mol. The summed E-state index contributed by atoms with van der Waals surface area (Å²) in [5, 5.41) is 8.99. The predicted octanol–water partition coefficient (Wildman–Crippen LogP) is 5.65. The van der Waals surface area contributed by atoms with Gasteiger partial charge in [0.15, 0.2) is 0 Å². The summed E-state index contributed by atoms with van der Waals surface area (Å²) in [5.41, 5.74) is 4.52. The fraction of sp³-hybridized carbons (Fsp3) is 0.435. The van der Waals surface area contributed by atoms with Gasteiger partial charge in [0.2, 0.25) is 0 Å². The Bertz CT molecular complexity index is 758. The van der Waals surface area contributed by atoms with Crippen molar-refractivity contribution in [3.05, 3.63) is 59.2 Å². The maximum absolute atomic E-state index is 10.9. The quantitative estimate of drug-likeness (QED) is 0.702. The molecule has 2 atom stereocenters. The molecule has 3 rings (SSSR count). The first-order chi connectivity index (χ1) is 13.0. The van der Waals surface area contributed by atoms with Crippen LogP contribution in [-0.4, -0.2) is 23.8 Å². The van der Waals surface area contributed by atoms with Crippen molar-refractivity contribution in [2.45, 2.75) is 59.0 Å². The Labute approximate surface area is 162 Å². The minimum Gasteiger partial charge on any atom is -0.492 e. The molecule has 0 amide bonds. The van der Waals surface area contributed by atoms with Gasteiger partial charge in [0.1, 0.15) is 17.6 Å². The number of carbonyl (C=O) groups is 1. The van der Waals surface area contributed by atoms with Crippen molar-refractivity contribution < 1.29 is 19.4 Å². The molecule has 0 bridgehead atoms. The first kappa shape index (κ1) is 20.8. The lowest BCUT2D eigenvalue weighted by molar-refractivity contribution is -0.137. The summed E-state index contributed by atoms with van der Waals surface area (Å²) in [7, 11) is 0. The lowest BCUT2D eigenvalue weighted by Gasteiger charge is -2.17. The highest BCUT2D eigenvalue weighted by molar-refractivity contribution is 5.68. The molecule has 0 saturated carbocycles. The van der Waals surface area contributed by atoms with Crippen molar-refractivity contribution in [3.63, 3.8) is 0 Å². The maximum atomic E-state index is 10.9. The van der Waals surface area contributed by atoms with Gasteiger partial charge in [-0.1, -0.05) is 44.2 Å². The van der Waals surface area contributed by atoms with E-state index in [1.165, 1.54) is 11.1 Å². The van der Waals surface area contributed by atoms with Crippen molar-refractivity contribution in [3.8, 4) is 11.5 Å². The highest BCUT2D eigenvalue weighted by Gasteiger charge is 2.29. The van der Waals surface area contributed by atoms with Gasteiger partial charge < -0.3 is 14.6 Å². The van der Waals surface area contributed by atoms with E-state index in [2.05, 4.69) is 12.7 Å². The number of benzene rings is 1. The van der Waals surface area contributed by atoms with Crippen LogP contribution in [0.3, 0.4) is 0 Å². The third-order valence-electron chi connectivity index (χ3n) is 4.78. The molecule has 0 radical (unpaired) electrons. The van der Waals surface area contributed by atoms with Crippen LogP contribution in [0.15, 0.2) is 53.6 Å². The molecule has 2 unspecified atom stereocenters. The molecular weight excluding hydrogens is 340 g/mol. The van der Waals surface area contributed by atoms with Gasteiger partial charge in [0, 0.05) is 17.5 Å². The van der Waals surface area contributed by atoms with Crippen molar-refractivity contribution in [1.82, 2.24) is 0 Å². The highest BCUT2D eigenvalue weighted by atomic mass is 16.5. The fourth-order valence-electron chi connectivity index (χ4n) is 3.61. The molecule has 4 nitrogen and oxygen atoms in total. The number of hydrogen-bond donors (Lipinski definition) is 1. The number of carboxylic acid groups (broad SMARTS) is 1. The van der Waals surface area contributed by atoms with Crippen molar-refractivity contribution in [1.29, 1.82) is 0 Å². The number of rotatable bonds is 6. The molecule has 1 aliphatic heterocycles. The first-order valence-electron chi connectivity index (χ1n) is 9.66. The predicted molar refractivity (Wildman–Crippen MR) is 109 cm³/mol. The molecule has 2 aliphatic rings. The summed E-state index contributed by atoms with van der Waals surface area (Å²) < 4.78 is 11.9. The van der Waals surface area contributed by atoms with Gasteiger partial charge in [0.05, 0.1) is 13.0 Å². The molecule has 1 heterocycles. The molecule has 4 heteroatoms. The summed E-state index contributed by atoms with van der Waals surface area (Å²) in [5.74, 6) is 0.603. The number of aliphatic carboxylic acids is 1. The molecule has 1 N–H and O–H groups in total. The minimum atomic E-state index is -0.804. The van der Waals surface area contributed by atoms with E-state index in [1.54, 1.807) is 0 Å². The highest BCUT2D eigenvalue weighted by Crippen LogP contribution is 2.40. The van der Waals surface area contributed by atoms with Gasteiger partial charge in [-0.3, -0.25) is 4.79 Å². The van der Waals surface area contributed by atoms with E-state index in [-0.39, 0.29) is 18.4 Å². The fourth-order valence-corrected chi connectivity index (χ4v) is 3.61. The minimum absolute atomic E-state index is 0.0113. The van der Waals surface area contributed by atoms with Crippen LogP contribution in [0, 0.1) is 0 Å². The van der Waals surface area contributed by atoms with Crippen LogP contribution in [0.2, 0.25) is 0 Å². The third kappa shape index (κ3) is 4.82. The molecule has 146 valence electrons. The maximum Gasteiger partial charge on any atom is 0.304 e. The Morgan fingerprint density at radius 3 is 2.78 bits per heavy atom. The Morgan fingerprint density at radius 2 is 2.15 bits per heavy atom. The second-order valence-corrected chi connectivity index (χ2v) is 6.66. The zero-order chi connectivity index (χ0) is 20.0. The summed E-state index contributed by atoms with van der Waals surface area (Å²) in [6.07, 6.45) is 6.14. The van der Waals surface area contributed by atoms with Gasteiger partial charge in [-0.05, 0) is 43.9 Å². The smallest absolute Gasteiger partial charge is 0.304 e. The average Bonchev–Trinajstić information content (AvgIpc) is 3.21. The van der Waals surface area contributed by atoms with Crippen molar-refractivity contribution >= 4 is 5.97 Å². The Kier molecular flexibility index (Phi) is 7.28. The van der Waals surface area contributed by atoms with E-state index >= 15 is 0 Å². The molecule has 0 fully saturated rings. The zero-order valence-electron chi connectivity index (χ0n) is 16.7. The summed E-state index contributed by atoms with van der Waals surface area (Å²) >= 11 is 0. The Morgan fingerprint density at radius 1 is 1.41 bits per heavy atom. The number of hydrogen-bond acceptors (Lipinski definition) is 3. The van der Waals surface area contributed by atoms with Gasteiger partial charge >= 0.3 is 5.97 Å². The molecule has 0 spiro atoms. The molecule has 0 aromatic heterocycles.